The molecule has 0 aliphatic carbocycles. The Kier molecular flexibility index (Phi) is 5.07. The van der Waals surface area contributed by atoms with Crippen molar-refractivity contribution in [2.45, 2.75) is 20.0 Å². The lowest BCUT2D eigenvalue weighted by Gasteiger charge is -2.07. The van der Waals surface area contributed by atoms with Gasteiger partial charge in [0.05, 0.1) is 13.2 Å². The van der Waals surface area contributed by atoms with E-state index in [9.17, 15) is 0 Å². The van der Waals surface area contributed by atoms with E-state index in [4.69, 9.17) is 14.6 Å². The number of hydrogen-bond donors (Lipinski definition) is 1. The molecule has 0 fully saturated rings. The van der Waals surface area contributed by atoms with Gasteiger partial charge in [0.1, 0.15) is 0 Å². The zero-order chi connectivity index (χ0) is 11.1. The number of hydrogen-bond acceptors (Lipinski definition) is 4. The summed E-state index contributed by atoms with van der Waals surface area (Å²) >= 11 is 0. The largest absolute Gasteiger partial charge is 0.478 e. The fourth-order valence-corrected chi connectivity index (χ4v) is 1.25. The molecule has 1 rings (SSSR count). The van der Waals surface area contributed by atoms with Crippen LogP contribution >= 0.6 is 0 Å². The Morgan fingerprint density at radius 2 is 2.13 bits per heavy atom. The van der Waals surface area contributed by atoms with Crippen LogP contribution in [-0.4, -0.2) is 30.4 Å². The molecule has 0 bridgehead atoms. The molecule has 0 amide bonds. The van der Waals surface area contributed by atoms with Crippen LogP contribution in [0.5, 0.6) is 5.88 Å². The topological polar surface area (TPSA) is 51.6 Å². The van der Waals surface area contributed by atoms with Crippen molar-refractivity contribution in [3.8, 4) is 5.88 Å². The zero-order valence-corrected chi connectivity index (χ0v) is 9.19. The molecule has 84 valence electrons. The molecule has 4 nitrogen and oxygen atoms in total. The van der Waals surface area contributed by atoms with E-state index in [0.29, 0.717) is 19.1 Å². The van der Waals surface area contributed by atoms with Crippen molar-refractivity contribution in [1.29, 1.82) is 0 Å². The van der Waals surface area contributed by atoms with E-state index in [1.807, 2.05) is 13.0 Å². The van der Waals surface area contributed by atoms with Gasteiger partial charge in [-0.15, -0.1) is 0 Å². The summed E-state index contributed by atoms with van der Waals surface area (Å²) in [5.41, 5.74) is 1.67. The van der Waals surface area contributed by atoms with Crippen LogP contribution in [0, 0.1) is 6.92 Å². The normalized spacial score (nSPS) is 10.3. The number of rotatable bonds is 6. The minimum atomic E-state index is 0.0117. The van der Waals surface area contributed by atoms with Gasteiger partial charge in [0.2, 0.25) is 5.88 Å². The van der Waals surface area contributed by atoms with Crippen molar-refractivity contribution in [3.05, 3.63) is 23.4 Å². The van der Waals surface area contributed by atoms with Crippen molar-refractivity contribution in [2.24, 2.45) is 0 Å². The molecule has 1 aromatic rings. The molecule has 0 atom stereocenters. The number of nitrogens with zero attached hydrogens (tertiary/aromatic N) is 1. The van der Waals surface area contributed by atoms with Crippen LogP contribution in [0.2, 0.25) is 0 Å². The summed E-state index contributed by atoms with van der Waals surface area (Å²) in [5.74, 6) is 0.565. The Morgan fingerprint density at radius 3 is 2.80 bits per heavy atom. The van der Waals surface area contributed by atoms with Crippen LogP contribution in [0.15, 0.2) is 12.1 Å². The predicted molar refractivity (Wildman–Crippen MR) is 56.9 cm³/mol. The molecule has 0 aromatic carbocycles. The third kappa shape index (κ3) is 4.27. The van der Waals surface area contributed by atoms with E-state index in [1.54, 1.807) is 13.2 Å². The first-order valence-corrected chi connectivity index (χ1v) is 4.96. The molecule has 1 heterocycles. The number of ether oxygens (including phenoxy) is 2. The second-order valence-corrected chi connectivity index (χ2v) is 3.31. The molecule has 0 saturated carbocycles. The lowest BCUT2D eigenvalue weighted by molar-refractivity contribution is 0.170. The van der Waals surface area contributed by atoms with Crippen molar-refractivity contribution < 1.29 is 14.6 Å². The highest BCUT2D eigenvalue weighted by Crippen LogP contribution is 2.12. The van der Waals surface area contributed by atoms with E-state index in [1.165, 1.54) is 0 Å². The average molecular weight is 211 g/mol. The Bertz CT molecular complexity index is 302. The summed E-state index contributed by atoms with van der Waals surface area (Å²) in [6.45, 7) is 3.15. The summed E-state index contributed by atoms with van der Waals surface area (Å²) in [4.78, 5) is 4.21. The number of pyridine rings is 1. The van der Waals surface area contributed by atoms with Crippen LogP contribution in [0.3, 0.4) is 0 Å². The SMILES string of the molecule is COCCCOc1cc(CO)cc(C)n1. The van der Waals surface area contributed by atoms with Crippen molar-refractivity contribution in [1.82, 2.24) is 4.98 Å². The van der Waals surface area contributed by atoms with Gasteiger partial charge in [0, 0.05) is 31.9 Å². The molecule has 15 heavy (non-hydrogen) atoms. The van der Waals surface area contributed by atoms with Gasteiger partial charge >= 0.3 is 0 Å². The third-order valence-electron chi connectivity index (χ3n) is 1.92. The summed E-state index contributed by atoms with van der Waals surface area (Å²) in [5, 5.41) is 8.99. The number of aliphatic hydroxyl groups is 1. The first-order chi connectivity index (χ1) is 7.26. The average Bonchev–Trinajstić information content (AvgIpc) is 2.23. The van der Waals surface area contributed by atoms with Gasteiger partial charge in [0.15, 0.2) is 0 Å². The second-order valence-electron chi connectivity index (χ2n) is 3.31. The van der Waals surface area contributed by atoms with Crippen LogP contribution in [0.25, 0.3) is 0 Å². The van der Waals surface area contributed by atoms with Crippen LogP contribution < -0.4 is 4.74 Å². The maximum absolute atomic E-state index is 8.99. The standard InChI is InChI=1S/C11H17NO3/c1-9-6-10(8-13)7-11(12-9)15-5-3-4-14-2/h6-7,13H,3-5,8H2,1-2H3. The predicted octanol–water partition coefficient (Wildman–Crippen LogP) is 1.30. The van der Waals surface area contributed by atoms with Gasteiger partial charge in [-0.05, 0) is 18.6 Å². The number of methoxy groups -OCH3 is 1. The summed E-state index contributed by atoms with van der Waals surface area (Å²) in [7, 11) is 1.66. The minimum absolute atomic E-state index is 0.0117. The molecule has 0 spiro atoms. The summed E-state index contributed by atoms with van der Waals surface area (Å²) in [6.07, 6.45) is 0.834. The molecule has 1 N–H and O–H groups in total. The molecular formula is C11H17NO3. The molecule has 0 saturated heterocycles. The van der Waals surface area contributed by atoms with E-state index in [2.05, 4.69) is 4.98 Å². The summed E-state index contributed by atoms with van der Waals surface area (Å²) in [6, 6.07) is 3.59. The van der Waals surface area contributed by atoms with Crippen LogP contribution in [0.4, 0.5) is 0 Å². The zero-order valence-electron chi connectivity index (χ0n) is 9.19. The number of aliphatic hydroxyl groups excluding tert-OH is 1. The van der Waals surface area contributed by atoms with E-state index in [0.717, 1.165) is 17.7 Å². The lowest BCUT2D eigenvalue weighted by atomic mass is 10.2. The van der Waals surface area contributed by atoms with E-state index >= 15 is 0 Å². The van der Waals surface area contributed by atoms with Crippen molar-refractivity contribution in [3.63, 3.8) is 0 Å². The van der Waals surface area contributed by atoms with Gasteiger partial charge in [-0.2, -0.15) is 0 Å². The molecule has 0 aliphatic rings. The lowest BCUT2D eigenvalue weighted by Crippen LogP contribution is -2.03. The van der Waals surface area contributed by atoms with Crippen molar-refractivity contribution in [2.75, 3.05) is 20.3 Å². The van der Waals surface area contributed by atoms with Gasteiger partial charge < -0.3 is 14.6 Å². The van der Waals surface area contributed by atoms with E-state index in [-0.39, 0.29) is 6.61 Å². The monoisotopic (exact) mass is 211 g/mol. The fourth-order valence-electron chi connectivity index (χ4n) is 1.25. The molecule has 0 unspecified atom stereocenters. The molecular weight excluding hydrogens is 194 g/mol. The summed E-state index contributed by atoms with van der Waals surface area (Å²) < 4.78 is 10.3. The van der Waals surface area contributed by atoms with Gasteiger partial charge in [-0.1, -0.05) is 0 Å². The smallest absolute Gasteiger partial charge is 0.213 e. The highest BCUT2D eigenvalue weighted by Gasteiger charge is 2.00. The van der Waals surface area contributed by atoms with Crippen LogP contribution in [-0.2, 0) is 11.3 Å². The van der Waals surface area contributed by atoms with Crippen molar-refractivity contribution >= 4 is 0 Å². The molecule has 4 heteroatoms. The number of aryl methyl sites for hydroxylation is 1. The quantitative estimate of drug-likeness (QED) is 0.720. The Morgan fingerprint density at radius 1 is 1.33 bits per heavy atom. The highest BCUT2D eigenvalue weighted by atomic mass is 16.5. The number of aromatic nitrogens is 1. The minimum Gasteiger partial charge on any atom is -0.478 e. The molecule has 1 aromatic heterocycles. The maximum atomic E-state index is 8.99. The molecule has 0 aliphatic heterocycles. The molecule has 0 radical (unpaired) electrons. The Hall–Kier alpha value is -1.13. The Balaban J connectivity index is 2.49. The Labute approximate surface area is 89.9 Å². The fraction of sp³-hybridized carbons (Fsp3) is 0.545. The third-order valence-corrected chi connectivity index (χ3v) is 1.92. The first kappa shape index (κ1) is 11.9. The highest BCUT2D eigenvalue weighted by molar-refractivity contribution is 5.23. The van der Waals surface area contributed by atoms with E-state index < -0.39 is 0 Å². The first-order valence-electron chi connectivity index (χ1n) is 4.96. The second kappa shape index (κ2) is 6.37. The maximum Gasteiger partial charge on any atom is 0.213 e. The van der Waals surface area contributed by atoms with Gasteiger partial charge in [-0.3, -0.25) is 0 Å². The van der Waals surface area contributed by atoms with Gasteiger partial charge in [0.25, 0.3) is 0 Å². The van der Waals surface area contributed by atoms with Gasteiger partial charge in [-0.25, -0.2) is 4.98 Å². The van der Waals surface area contributed by atoms with Crippen LogP contribution in [0.1, 0.15) is 17.7 Å².